The average Bonchev–Trinajstić information content (AvgIpc) is 3.11. The molecule has 0 bridgehead atoms. The van der Waals surface area contributed by atoms with Crippen LogP contribution in [0, 0.1) is 0 Å². The number of hydrogen-bond acceptors (Lipinski definition) is 5. The summed E-state index contributed by atoms with van der Waals surface area (Å²) in [4.78, 5) is 20.9. The molecule has 0 aliphatic heterocycles. The molecule has 0 aliphatic rings. The Labute approximate surface area is 157 Å². The standard InChI is InChI=1S/C20H21N3O2S/c1-3-25-18-7-5-4-6-17(18)20-23-16(13-26-20)12-19(24)22-14(2)15-8-10-21-11-9-15/h4-11,13-14H,3,12H2,1-2H3,(H,22,24)/t14-/m0/s1. The van der Waals surface area contributed by atoms with Crippen molar-refractivity contribution in [2.45, 2.75) is 26.3 Å². The van der Waals surface area contributed by atoms with Crippen molar-refractivity contribution in [3.63, 3.8) is 0 Å². The molecule has 1 N–H and O–H groups in total. The lowest BCUT2D eigenvalue weighted by atomic mass is 10.1. The van der Waals surface area contributed by atoms with Crippen molar-refractivity contribution in [3.8, 4) is 16.3 Å². The number of carbonyl (C=O) groups excluding carboxylic acids is 1. The maximum Gasteiger partial charge on any atom is 0.226 e. The first-order valence-corrected chi connectivity index (χ1v) is 9.41. The third kappa shape index (κ3) is 4.46. The molecule has 2 heterocycles. The van der Waals surface area contributed by atoms with E-state index in [-0.39, 0.29) is 18.4 Å². The van der Waals surface area contributed by atoms with Crippen molar-refractivity contribution in [2.24, 2.45) is 0 Å². The van der Waals surface area contributed by atoms with E-state index in [1.165, 1.54) is 11.3 Å². The third-order valence-electron chi connectivity index (χ3n) is 3.89. The summed E-state index contributed by atoms with van der Waals surface area (Å²) in [6, 6.07) is 11.6. The van der Waals surface area contributed by atoms with E-state index in [0.717, 1.165) is 27.6 Å². The number of carbonyl (C=O) groups is 1. The largest absolute Gasteiger partial charge is 0.493 e. The predicted molar refractivity (Wildman–Crippen MR) is 103 cm³/mol. The van der Waals surface area contributed by atoms with Crippen LogP contribution in [0.1, 0.15) is 31.1 Å². The first-order chi connectivity index (χ1) is 12.7. The van der Waals surface area contributed by atoms with Gasteiger partial charge < -0.3 is 10.1 Å². The second kappa shape index (κ2) is 8.58. The van der Waals surface area contributed by atoms with E-state index in [0.29, 0.717) is 6.61 Å². The van der Waals surface area contributed by atoms with E-state index < -0.39 is 0 Å². The Morgan fingerprint density at radius 1 is 1.23 bits per heavy atom. The van der Waals surface area contributed by atoms with Gasteiger partial charge in [0.05, 0.1) is 30.3 Å². The molecule has 0 aliphatic carbocycles. The summed E-state index contributed by atoms with van der Waals surface area (Å²) >= 11 is 1.52. The maximum absolute atomic E-state index is 12.3. The summed E-state index contributed by atoms with van der Waals surface area (Å²) in [5.74, 6) is 0.760. The minimum Gasteiger partial charge on any atom is -0.493 e. The summed E-state index contributed by atoms with van der Waals surface area (Å²) in [5.41, 5.74) is 2.74. The molecule has 6 heteroatoms. The van der Waals surface area contributed by atoms with Crippen LogP contribution in [-0.4, -0.2) is 22.5 Å². The van der Waals surface area contributed by atoms with Crippen LogP contribution in [0.3, 0.4) is 0 Å². The SMILES string of the molecule is CCOc1ccccc1-c1nc(CC(=O)N[C@@H](C)c2ccncc2)cs1. The van der Waals surface area contributed by atoms with Gasteiger partial charge in [0, 0.05) is 17.8 Å². The van der Waals surface area contributed by atoms with Crippen molar-refractivity contribution in [1.29, 1.82) is 0 Å². The van der Waals surface area contributed by atoms with E-state index in [4.69, 9.17) is 4.74 Å². The molecule has 2 aromatic heterocycles. The molecule has 5 nitrogen and oxygen atoms in total. The van der Waals surface area contributed by atoms with Crippen molar-refractivity contribution < 1.29 is 9.53 Å². The van der Waals surface area contributed by atoms with Crippen LogP contribution in [-0.2, 0) is 11.2 Å². The molecule has 3 rings (SSSR count). The van der Waals surface area contributed by atoms with Gasteiger partial charge in [0.15, 0.2) is 0 Å². The molecule has 1 amide bonds. The molecule has 0 fully saturated rings. The Hall–Kier alpha value is -2.73. The highest BCUT2D eigenvalue weighted by molar-refractivity contribution is 7.13. The van der Waals surface area contributed by atoms with Gasteiger partial charge in [-0.25, -0.2) is 4.98 Å². The number of aromatic nitrogens is 2. The Kier molecular flexibility index (Phi) is 5.96. The minimum atomic E-state index is -0.0673. The molecular formula is C20H21N3O2S. The zero-order valence-electron chi connectivity index (χ0n) is 14.8. The van der Waals surface area contributed by atoms with Gasteiger partial charge in [-0.1, -0.05) is 12.1 Å². The van der Waals surface area contributed by atoms with Gasteiger partial charge >= 0.3 is 0 Å². The lowest BCUT2D eigenvalue weighted by Crippen LogP contribution is -2.28. The quantitative estimate of drug-likeness (QED) is 0.685. The van der Waals surface area contributed by atoms with Crippen LogP contribution < -0.4 is 10.1 Å². The van der Waals surface area contributed by atoms with E-state index in [2.05, 4.69) is 15.3 Å². The summed E-state index contributed by atoms with van der Waals surface area (Å²) in [7, 11) is 0. The smallest absolute Gasteiger partial charge is 0.226 e. The van der Waals surface area contributed by atoms with Gasteiger partial charge in [-0.2, -0.15) is 0 Å². The minimum absolute atomic E-state index is 0.0516. The molecule has 3 aromatic rings. The third-order valence-corrected chi connectivity index (χ3v) is 4.82. The Morgan fingerprint density at radius 2 is 2.00 bits per heavy atom. The number of para-hydroxylation sites is 1. The lowest BCUT2D eigenvalue weighted by molar-refractivity contribution is -0.121. The Morgan fingerprint density at radius 3 is 2.77 bits per heavy atom. The van der Waals surface area contributed by atoms with Gasteiger partial charge in [-0.05, 0) is 43.7 Å². The summed E-state index contributed by atoms with van der Waals surface area (Å²) in [6.07, 6.45) is 3.70. The summed E-state index contributed by atoms with van der Waals surface area (Å²) in [6.45, 7) is 4.51. The average molecular weight is 367 g/mol. The zero-order valence-corrected chi connectivity index (χ0v) is 15.6. The van der Waals surface area contributed by atoms with Crippen molar-refractivity contribution in [1.82, 2.24) is 15.3 Å². The number of nitrogens with one attached hydrogen (secondary N) is 1. The monoisotopic (exact) mass is 367 g/mol. The highest BCUT2D eigenvalue weighted by atomic mass is 32.1. The van der Waals surface area contributed by atoms with Gasteiger partial charge in [-0.3, -0.25) is 9.78 Å². The fourth-order valence-electron chi connectivity index (χ4n) is 2.63. The number of amides is 1. The number of pyridine rings is 1. The second-order valence-electron chi connectivity index (χ2n) is 5.82. The highest BCUT2D eigenvalue weighted by Crippen LogP contribution is 2.32. The Bertz CT molecular complexity index is 864. The van der Waals surface area contributed by atoms with E-state index in [9.17, 15) is 4.79 Å². The molecular weight excluding hydrogens is 346 g/mol. The molecule has 1 aromatic carbocycles. The Balaban J connectivity index is 1.66. The van der Waals surface area contributed by atoms with Crippen molar-refractivity contribution >= 4 is 17.2 Å². The fourth-order valence-corrected chi connectivity index (χ4v) is 3.48. The first-order valence-electron chi connectivity index (χ1n) is 8.53. The van der Waals surface area contributed by atoms with E-state index in [1.807, 2.05) is 55.6 Å². The van der Waals surface area contributed by atoms with Crippen LogP contribution >= 0.6 is 11.3 Å². The van der Waals surface area contributed by atoms with Gasteiger partial charge in [0.1, 0.15) is 10.8 Å². The number of ether oxygens (including phenoxy) is 1. The van der Waals surface area contributed by atoms with Crippen LogP contribution in [0.2, 0.25) is 0 Å². The van der Waals surface area contributed by atoms with Gasteiger partial charge in [0.25, 0.3) is 0 Å². The van der Waals surface area contributed by atoms with Crippen LogP contribution in [0.25, 0.3) is 10.6 Å². The van der Waals surface area contributed by atoms with Gasteiger partial charge in [-0.15, -0.1) is 11.3 Å². The van der Waals surface area contributed by atoms with Crippen molar-refractivity contribution in [3.05, 3.63) is 65.4 Å². The first kappa shape index (κ1) is 18.1. The topological polar surface area (TPSA) is 64.1 Å². The molecule has 134 valence electrons. The van der Waals surface area contributed by atoms with E-state index in [1.54, 1.807) is 12.4 Å². The lowest BCUT2D eigenvalue weighted by Gasteiger charge is -2.13. The molecule has 0 saturated heterocycles. The van der Waals surface area contributed by atoms with E-state index >= 15 is 0 Å². The zero-order chi connectivity index (χ0) is 18.4. The van der Waals surface area contributed by atoms with Crippen LogP contribution in [0.4, 0.5) is 0 Å². The molecule has 0 spiro atoms. The number of nitrogens with zero attached hydrogens (tertiary/aromatic N) is 2. The molecule has 0 radical (unpaired) electrons. The summed E-state index contributed by atoms with van der Waals surface area (Å²) in [5, 5.41) is 5.78. The maximum atomic E-state index is 12.3. The van der Waals surface area contributed by atoms with Crippen LogP contribution in [0.5, 0.6) is 5.75 Å². The number of thiazole rings is 1. The normalized spacial score (nSPS) is 11.8. The number of benzene rings is 1. The molecule has 0 unspecified atom stereocenters. The number of rotatable bonds is 7. The summed E-state index contributed by atoms with van der Waals surface area (Å²) < 4.78 is 5.67. The van der Waals surface area contributed by atoms with Crippen molar-refractivity contribution in [2.75, 3.05) is 6.61 Å². The van der Waals surface area contributed by atoms with Gasteiger partial charge in [0.2, 0.25) is 5.91 Å². The molecule has 1 atom stereocenters. The molecule has 26 heavy (non-hydrogen) atoms. The fraction of sp³-hybridized carbons (Fsp3) is 0.250. The second-order valence-corrected chi connectivity index (χ2v) is 6.68. The van der Waals surface area contributed by atoms with Crippen LogP contribution in [0.15, 0.2) is 54.2 Å². The predicted octanol–water partition coefficient (Wildman–Crippen LogP) is 4.02. The number of hydrogen-bond donors (Lipinski definition) is 1. The highest BCUT2D eigenvalue weighted by Gasteiger charge is 2.14. The molecule has 0 saturated carbocycles.